The fraction of sp³-hybridized carbons (Fsp3) is 0.944. The van der Waals surface area contributed by atoms with Gasteiger partial charge >= 0.3 is 0 Å². The van der Waals surface area contributed by atoms with Crippen LogP contribution in [0.1, 0.15) is 66.2 Å². The van der Waals surface area contributed by atoms with E-state index in [2.05, 4.69) is 37.9 Å². The molecule has 0 spiro atoms. The van der Waals surface area contributed by atoms with E-state index < -0.39 is 0 Å². The highest BCUT2D eigenvalue weighted by atomic mass is 16.2. The third-order valence-corrected chi connectivity index (χ3v) is 5.52. The van der Waals surface area contributed by atoms with E-state index in [1.54, 1.807) is 0 Å². The summed E-state index contributed by atoms with van der Waals surface area (Å²) in [5.74, 6) is 2.52. The van der Waals surface area contributed by atoms with Crippen molar-refractivity contribution in [1.29, 1.82) is 0 Å². The van der Waals surface area contributed by atoms with E-state index in [9.17, 15) is 4.79 Å². The van der Waals surface area contributed by atoms with Crippen molar-refractivity contribution in [3.8, 4) is 0 Å². The van der Waals surface area contributed by atoms with Crippen LogP contribution in [0.4, 0.5) is 0 Å². The average Bonchev–Trinajstić information content (AvgIpc) is 2.47. The summed E-state index contributed by atoms with van der Waals surface area (Å²) in [7, 11) is 0. The van der Waals surface area contributed by atoms with Crippen LogP contribution in [-0.4, -0.2) is 36.0 Å². The van der Waals surface area contributed by atoms with Gasteiger partial charge in [-0.25, -0.2) is 0 Å². The zero-order valence-electron chi connectivity index (χ0n) is 14.4. The molecule has 0 aromatic heterocycles. The van der Waals surface area contributed by atoms with Gasteiger partial charge in [0.1, 0.15) is 0 Å². The topological polar surface area (TPSA) is 32.3 Å². The zero-order valence-corrected chi connectivity index (χ0v) is 14.4. The summed E-state index contributed by atoms with van der Waals surface area (Å²) >= 11 is 0. The van der Waals surface area contributed by atoms with Crippen LogP contribution < -0.4 is 5.32 Å². The summed E-state index contributed by atoms with van der Waals surface area (Å²) in [5, 5.41) is 3.69. The smallest absolute Gasteiger partial charge is 0.239 e. The molecule has 4 unspecified atom stereocenters. The molecule has 1 saturated heterocycles. The lowest BCUT2D eigenvalue weighted by Gasteiger charge is -2.40. The summed E-state index contributed by atoms with van der Waals surface area (Å²) in [5.41, 5.74) is 0. The van der Waals surface area contributed by atoms with Crippen molar-refractivity contribution < 1.29 is 4.79 Å². The number of carbonyl (C=O) groups is 1. The molecule has 1 aliphatic carbocycles. The predicted molar refractivity (Wildman–Crippen MR) is 88.2 cm³/mol. The van der Waals surface area contributed by atoms with Crippen LogP contribution in [0.5, 0.6) is 0 Å². The summed E-state index contributed by atoms with van der Waals surface area (Å²) in [4.78, 5) is 14.7. The molecule has 2 aliphatic rings. The number of carbonyl (C=O) groups excluding carboxylic acids is 1. The Morgan fingerprint density at radius 3 is 2.38 bits per heavy atom. The third kappa shape index (κ3) is 4.45. The number of likely N-dealkylation sites (tertiary alicyclic amines) is 1. The lowest BCUT2D eigenvalue weighted by atomic mass is 9.74. The number of hydrogen-bond acceptors (Lipinski definition) is 2. The van der Waals surface area contributed by atoms with Gasteiger partial charge in [0.25, 0.3) is 0 Å². The van der Waals surface area contributed by atoms with Gasteiger partial charge in [-0.15, -0.1) is 0 Å². The minimum Gasteiger partial charge on any atom is -0.341 e. The number of nitrogens with one attached hydrogen (secondary N) is 1. The van der Waals surface area contributed by atoms with Gasteiger partial charge in [-0.1, -0.05) is 27.2 Å². The van der Waals surface area contributed by atoms with E-state index in [1.807, 2.05) is 0 Å². The maximum Gasteiger partial charge on any atom is 0.239 e. The van der Waals surface area contributed by atoms with E-state index >= 15 is 0 Å². The average molecular weight is 294 g/mol. The summed E-state index contributed by atoms with van der Waals surface area (Å²) in [6.45, 7) is 11.0. The number of piperidine rings is 1. The number of hydrogen-bond donors (Lipinski definition) is 1. The van der Waals surface area contributed by atoms with Crippen molar-refractivity contribution in [2.45, 2.75) is 78.3 Å². The Morgan fingerprint density at radius 1 is 1.10 bits per heavy atom. The van der Waals surface area contributed by atoms with Crippen LogP contribution in [0.15, 0.2) is 0 Å². The van der Waals surface area contributed by atoms with Gasteiger partial charge in [0, 0.05) is 19.1 Å². The molecule has 0 radical (unpaired) electrons. The predicted octanol–water partition coefficient (Wildman–Crippen LogP) is 3.44. The lowest BCUT2D eigenvalue weighted by Crippen LogP contribution is -2.53. The first-order valence-corrected chi connectivity index (χ1v) is 9.04. The normalized spacial score (nSPS) is 32.2. The quantitative estimate of drug-likeness (QED) is 0.861. The van der Waals surface area contributed by atoms with Gasteiger partial charge in [-0.05, 0) is 56.8 Å². The van der Waals surface area contributed by atoms with E-state index in [1.165, 1.54) is 38.5 Å². The fourth-order valence-corrected chi connectivity index (χ4v) is 4.17. The van der Waals surface area contributed by atoms with E-state index in [4.69, 9.17) is 0 Å². The Bertz CT molecular complexity index is 336. The Morgan fingerprint density at radius 2 is 1.76 bits per heavy atom. The van der Waals surface area contributed by atoms with Crippen LogP contribution in [-0.2, 0) is 4.79 Å². The largest absolute Gasteiger partial charge is 0.341 e. The Kier molecular flexibility index (Phi) is 6.09. The van der Waals surface area contributed by atoms with Gasteiger partial charge < -0.3 is 10.2 Å². The second kappa shape index (κ2) is 7.62. The molecule has 1 heterocycles. The van der Waals surface area contributed by atoms with Gasteiger partial charge in [-0.3, -0.25) is 4.79 Å². The zero-order chi connectivity index (χ0) is 15.4. The molecule has 2 rings (SSSR count). The lowest BCUT2D eigenvalue weighted by molar-refractivity contribution is -0.134. The summed E-state index contributed by atoms with van der Waals surface area (Å²) < 4.78 is 0. The minimum absolute atomic E-state index is 0.0281. The van der Waals surface area contributed by atoms with Crippen molar-refractivity contribution in [3.05, 3.63) is 0 Å². The van der Waals surface area contributed by atoms with Gasteiger partial charge in [0.15, 0.2) is 0 Å². The first-order valence-electron chi connectivity index (χ1n) is 9.04. The van der Waals surface area contributed by atoms with Gasteiger partial charge in [0.2, 0.25) is 5.91 Å². The second-order valence-electron chi connectivity index (χ2n) is 7.71. The monoisotopic (exact) mass is 294 g/mol. The molecule has 1 aliphatic heterocycles. The Balaban J connectivity index is 1.92. The molecule has 3 heteroatoms. The second-order valence-corrected chi connectivity index (χ2v) is 7.71. The highest BCUT2D eigenvalue weighted by Crippen LogP contribution is 2.33. The molecule has 3 nitrogen and oxygen atoms in total. The third-order valence-electron chi connectivity index (χ3n) is 5.52. The van der Waals surface area contributed by atoms with Gasteiger partial charge in [0.05, 0.1) is 6.04 Å². The van der Waals surface area contributed by atoms with Crippen molar-refractivity contribution in [3.63, 3.8) is 0 Å². The highest BCUT2D eigenvalue weighted by Gasteiger charge is 2.33. The van der Waals surface area contributed by atoms with Crippen molar-refractivity contribution in [1.82, 2.24) is 10.2 Å². The van der Waals surface area contributed by atoms with Crippen LogP contribution >= 0.6 is 0 Å². The summed E-state index contributed by atoms with van der Waals surface area (Å²) in [6, 6.07) is 0.483. The van der Waals surface area contributed by atoms with Crippen LogP contribution in [0, 0.1) is 17.8 Å². The maximum atomic E-state index is 12.6. The van der Waals surface area contributed by atoms with E-state index in [0.29, 0.717) is 17.9 Å². The number of amides is 1. The summed E-state index contributed by atoms with van der Waals surface area (Å²) in [6.07, 6.45) is 7.50. The van der Waals surface area contributed by atoms with Crippen molar-refractivity contribution in [2.24, 2.45) is 17.8 Å². The first-order chi connectivity index (χ1) is 9.99. The number of nitrogens with zero attached hydrogens (tertiary/aromatic N) is 1. The Labute approximate surface area is 130 Å². The van der Waals surface area contributed by atoms with Crippen molar-refractivity contribution in [2.75, 3.05) is 13.1 Å². The molecule has 21 heavy (non-hydrogen) atoms. The molecule has 4 atom stereocenters. The molecule has 2 fully saturated rings. The van der Waals surface area contributed by atoms with Crippen LogP contribution in [0.3, 0.4) is 0 Å². The minimum atomic E-state index is -0.0281. The van der Waals surface area contributed by atoms with Crippen LogP contribution in [0.25, 0.3) is 0 Å². The van der Waals surface area contributed by atoms with Crippen LogP contribution in [0.2, 0.25) is 0 Å². The Hall–Kier alpha value is -0.570. The molecule has 0 aromatic rings. The SMILES string of the molecule is CC1CCC(C(C)C)C(NC(C)C(=O)N2CCCCC2)C1. The molecular weight excluding hydrogens is 260 g/mol. The van der Waals surface area contributed by atoms with E-state index in [0.717, 1.165) is 24.9 Å². The highest BCUT2D eigenvalue weighted by molar-refractivity contribution is 5.81. The van der Waals surface area contributed by atoms with Crippen molar-refractivity contribution >= 4 is 5.91 Å². The fourth-order valence-electron chi connectivity index (χ4n) is 4.17. The molecule has 0 aromatic carbocycles. The first kappa shape index (κ1) is 16.8. The molecule has 1 N–H and O–H groups in total. The van der Waals surface area contributed by atoms with E-state index in [-0.39, 0.29) is 6.04 Å². The molecular formula is C18H34N2O. The number of rotatable bonds is 4. The maximum absolute atomic E-state index is 12.6. The molecule has 122 valence electrons. The molecule has 0 bridgehead atoms. The molecule has 1 amide bonds. The standard InChI is InChI=1S/C18H34N2O/c1-13(2)16-9-8-14(3)12-17(16)19-15(4)18(21)20-10-6-5-7-11-20/h13-17,19H,5-12H2,1-4H3. The van der Waals surface area contributed by atoms with Gasteiger partial charge in [-0.2, -0.15) is 0 Å². The molecule has 1 saturated carbocycles.